The van der Waals surface area contributed by atoms with Crippen LogP contribution in [0.15, 0.2) is 60.9 Å². The Morgan fingerprint density at radius 2 is 2.03 bits per heavy atom. The third-order valence-electron chi connectivity index (χ3n) is 5.95. The Kier molecular flexibility index (Phi) is 6.55. The number of aryl methyl sites for hydroxylation is 3. The Labute approximate surface area is 194 Å². The van der Waals surface area contributed by atoms with Crippen molar-refractivity contribution >= 4 is 28.9 Å². The average molecular weight is 448 g/mol. The zero-order chi connectivity index (χ0) is 22.7. The van der Waals surface area contributed by atoms with E-state index in [4.69, 9.17) is 12.2 Å². The van der Waals surface area contributed by atoms with E-state index in [9.17, 15) is 4.79 Å². The van der Waals surface area contributed by atoms with Crippen molar-refractivity contribution in [3.05, 3.63) is 83.4 Å². The number of nitrogens with one attached hydrogen (secondary N) is 2. The summed E-state index contributed by atoms with van der Waals surface area (Å²) in [5, 5.41) is 7.16. The van der Waals surface area contributed by atoms with Crippen LogP contribution in [0.2, 0.25) is 0 Å². The first-order chi connectivity index (χ1) is 15.5. The summed E-state index contributed by atoms with van der Waals surface area (Å²) in [7, 11) is 0. The Bertz CT molecular complexity index is 1110. The molecule has 3 aromatic rings. The summed E-state index contributed by atoms with van der Waals surface area (Å²) >= 11 is 5.71. The van der Waals surface area contributed by atoms with Crippen LogP contribution in [0, 0.1) is 13.8 Å². The van der Waals surface area contributed by atoms with Gasteiger partial charge in [0.15, 0.2) is 5.11 Å². The number of carbonyl (C=O) groups is 1. The van der Waals surface area contributed by atoms with Gasteiger partial charge >= 0.3 is 0 Å². The van der Waals surface area contributed by atoms with Crippen molar-refractivity contribution in [1.82, 2.24) is 19.8 Å². The van der Waals surface area contributed by atoms with E-state index in [-0.39, 0.29) is 18.0 Å². The highest BCUT2D eigenvalue weighted by molar-refractivity contribution is 7.80. The lowest BCUT2D eigenvalue weighted by Gasteiger charge is -2.28. The minimum Gasteiger partial charge on any atom is -0.352 e. The number of pyridine rings is 1. The Balaban J connectivity index is 1.55. The van der Waals surface area contributed by atoms with E-state index in [0.29, 0.717) is 18.1 Å². The standard InChI is InChI=1S/C25H29N5OS/c1-4-29-14-7-9-21(29)24-23(19-8-5-6-13-26-19)28-25(32)30(24)15-12-22(31)27-20-16-17(2)10-11-18(20)3/h5-11,13-14,16,23-24H,4,12,15H2,1-3H3,(H,27,31)(H,28,32)/t23-,24-/m0/s1. The molecule has 2 aromatic heterocycles. The van der Waals surface area contributed by atoms with Gasteiger partial charge in [-0.1, -0.05) is 18.2 Å². The quantitative estimate of drug-likeness (QED) is 0.522. The highest BCUT2D eigenvalue weighted by Crippen LogP contribution is 2.38. The zero-order valence-electron chi connectivity index (χ0n) is 18.7. The fraction of sp³-hybridized carbons (Fsp3) is 0.320. The van der Waals surface area contributed by atoms with E-state index in [2.05, 4.69) is 50.3 Å². The van der Waals surface area contributed by atoms with Crippen molar-refractivity contribution in [1.29, 1.82) is 0 Å². The second kappa shape index (κ2) is 9.53. The van der Waals surface area contributed by atoms with Crippen LogP contribution >= 0.6 is 12.2 Å². The molecular formula is C25H29N5OS. The van der Waals surface area contributed by atoms with Gasteiger partial charge in [0.05, 0.1) is 17.8 Å². The summed E-state index contributed by atoms with van der Waals surface area (Å²) < 4.78 is 2.22. The van der Waals surface area contributed by atoms with Crippen LogP contribution in [0.25, 0.3) is 0 Å². The third-order valence-corrected chi connectivity index (χ3v) is 6.31. The first-order valence-corrected chi connectivity index (χ1v) is 11.4. The normalized spacial score (nSPS) is 18.0. The number of thiocarbonyl (C=S) groups is 1. The van der Waals surface area contributed by atoms with Crippen LogP contribution in [0.3, 0.4) is 0 Å². The molecule has 1 aromatic carbocycles. The van der Waals surface area contributed by atoms with Gasteiger partial charge in [-0.05, 0) is 74.4 Å². The second-order valence-corrected chi connectivity index (χ2v) is 8.54. The lowest BCUT2D eigenvalue weighted by Crippen LogP contribution is -2.33. The molecule has 1 aliphatic rings. The number of rotatable bonds is 7. The summed E-state index contributed by atoms with van der Waals surface area (Å²) in [6, 6.07) is 16.1. The summed E-state index contributed by atoms with van der Waals surface area (Å²) in [6.07, 6.45) is 4.22. The van der Waals surface area contributed by atoms with E-state index >= 15 is 0 Å². The minimum atomic E-state index is -0.0778. The van der Waals surface area contributed by atoms with Crippen LogP contribution in [0.5, 0.6) is 0 Å². The molecule has 2 N–H and O–H groups in total. The number of hydrogen-bond acceptors (Lipinski definition) is 3. The molecule has 1 aliphatic heterocycles. The molecule has 2 atom stereocenters. The first kappa shape index (κ1) is 22.0. The Morgan fingerprint density at radius 3 is 2.78 bits per heavy atom. The molecule has 3 heterocycles. The van der Waals surface area contributed by atoms with Gasteiger partial charge in [0.2, 0.25) is 5.91 Å². The average Bonchev–Trinajstić information content (AvgIpc) is 3.39. The first-order valence-electron chi connectivity index (χ1n) is 11.0. The van der Waals surface area contributed by atoms with Crippen LogP contribution in [-0.4, -0.2) is 32.0 Å². The molecule has 0 radical (unpaired) electrons. The number of anilines is 1. The van der Waals surface area contributed by atoms with Crippen molar-refractivity contribution < 1.29 is 4.79 Å². The van der Waals surface area contributed by atoms with E-state index < -0.39 is 0 Å². The van der Waals surface area contributed by atoms with Crippen LogP contribution in [-0.2, 0) is 11.3 Å². The smallest absolute Gasteiger partial charge is 0.226 e. The molecule has 4 rings (SSSR count). The van der Waals surface area contributed by atoms with Crippen LogP contribution in [0.4, 0.5) is 5.69 Å². The predicted octanol–water partition coefficient (Wildman–Crippen LogP) is 4.52. The third kappa shape index (κ3) is 4.53. The highest BCUT2D eigenvalue weighted by atomic mass is 32.1. The minimum absolute atomic E-state index is 0.0209. The van der Waals surface area contributed by atoms with Crippen LogP contribution in [0.1, 0.15) is 47.9 Å². The Hall–Kier alpha value is -3.19. The molecular weight excluding hydrogens is 418 g/mol. The van der Waals surface area contributed by atoms with Gasteiger partial charge in [-0.15, -0.1) is 0 Å². The molecule has 0 unspecified atom stereocenters. The van der Waals surface area contributed by atoms with Gasteiger partial charge in [-0.2, -0.15) is 0 Å². The molecule has 32 heavy (non-hydrogen) atoms. The van der Waals surface area contributed by atoms with Gasteiger partial charge in [0.25, 0.3) is 0 Å². The van der Waals surface area contributed by atoms with Crippen molar-refractivity contribution in [3.8, 4) is 0 Å². The molecule has 0 aliphatic carbocycles. The predicted molar refractivity (Wildman–Crippen MR) is 131 cm³/mol. The van der Waals surface area contributed by atoms with Crippen molar-refractivity contribution in [3.63, 3.8) is 0 Å². The fourth-order valence-corrected chi connectivity index (χ4v) is 4.59. The van der Waals surface area contributed by atoms with Crippen LogP contribution < -0.4 is 10.6 Å². The van der Waals surface area contributed by atoms with E-state index in [0.717, 1.165) is 34.7 Å². The van der Waals surface area contributed by atoms with Gasteiger partial charge in [0.1, 0.15) is 0 Å². The molecule has 1 amide bonds. The summed E-state index contributed by atoms with van der Waals surface area (Å²) in [4.78, 5) is 19.5. The SMILES string of the molecule is CCn1cccc1[C@H]1[C@H](c2ccccn2)NC(=S)N1CCC(=O)Nc1cc(C)ccc1C. The largest absolute Gasteiger partial charge is 0.352 e. The van der Waals surface area contributed by atoms with Gasteiger partial charge in [-0.25, -0.2) is 0 Å². The second-order valence-electron chi connectivity index (χ2n) is 8.16. The summed E-state index contributed by atoms with van der Waals surface area (Å²) in [5.41, 5.74) is 5.13. The molecule has 7 heteroatoms. The number of carbonyl (C=O) groups excluding carboxylic acids is 1. The van der Waals surface area contributed by atoms with Crippen molar-refractivity contribution in [2.45, 2.75) is 45.8 Å². The maximum Gasteiger partial charge on any atom is 0.226 e. The van der Waals surface area contributed by atoms with Crippen molar-refractivity contribution in [2.75, 3.05) is 11.9 Å². The zero-order valence-corrected chi connectivity index (χ0v) is 19.5. The molecule has 166 valence electrons. The topological polar surface area (TPSA) is 62.2 Å². The lowest BCUT2D eigenvalue weighted by molar-refractivity contribution is -0.116. The maximum absolute atomic E-state index is 12.8. The number of nitrogens with zero attached hydrogens (tertiary/aromatic N) is 3. The van der Waals surface area contributed by atoms with E-state index in [1.54, 1.807) is 6.20 Å². The number of benzene rings is 1. The van der Waals surface area contributed by atoms with E-state index in [1.165, 1.54) is 0 Å². The Morgan fingerprint density at radius 1 is 1.19 bits per heavy atom. The van der Waals surface area contributed by atoms with Gasteiger partial charge < -0.3 is 20.1 Å². The number of hydrogen-bond donors (Lipinski definition) is 2. The van der Waals surface area contributed by atoms with E-state index in [1.807, 2.05) is 50.2 Å². The number of aromatic nitrogens is 2. The monoisotopic (exact) mass is 447 g/mol. The lowest BCUT2D eigenvalue weighted by atomic mass is 10.0. The summed E-state index contributed by atoms with van der Waals surface area (Å²) in [6.45, 7) is 7.53. The number of amides is 1. The molecule has 0 spiro atoms. The summed E-state index contributed by atoms with van der Waals surface area (Å²) in [5.74, 6) is -0.0209. The molecule has 1 saturated heterocycles. The fourth-order valence-electron chi connectivity index (χ4n) is 4.26. The molecule has 0 bridgehead atoms. The molecule has 6 nitrogen and oxygen atoms in total. The molecule has 1 fully saturated rings. The molecule has 0 saturated carbocycles. The maximum atomic E-state index is 12.8. The van der Waals surface area contributed by atoms with Crippen molar-refractivity contribution in [2.24, 2.45) is 0 Å². The highest BCUT2D eigenvalue weighted by Gasteiger charge is 2.40. The van der Waals surface area contributed by atoms with Gasteiger partial charge in [0, 0.05) is 43.3 Å². The van der Waals surface area contributed by atoms with Gasteiger partial charge in [-0.3, -0.25) is 9.78 Å².